The molecule has 5 heteroatoms. The lowest BCUT2D eigenvalue weighted by atomic mass is 9.83. The van der Waals surface area contributed by atoms with Crippen LogP contribution in [-0.2, 0) is 14.6 Å². The second-order valence-electron chi connectivity index (χ2n) is 4.10. The van der Waals surface area contributed by atoms with Crippen molar-refractivity contribution in [3.63, 3.8) is 0 Å². The lowest BCUT2D eigenvalue weighted by molar-refractivity contribution is -0.148. The quantitative estimate of drug-likeness (QED) is 0.730. The average molecular weight is 236 g/mol. The van der Waals surface area contributed by atoms with E-state index in [2.05, 4.69) is 0 Å². The summed E-state index contributed by atoms with van der Waals surface area (Å²) in [5.41, 5.74) is -0.906. The zero-order valence-corrected chi connectivity index (χ0v) is 10.4. The first-order chi connectivity index (χ1) is 6.77. The van der Waals surface area contributed by atoms with Gasteiger partial charge in [0.05, 0.1) is 11.2 Å². The van der Waals surface area contributed by atoms with E-state index in [1.807, 2.05) is 6.92 Å². The van der Waals surface area contributed by atoms with Crippen molar-refractivity contribution in [3.05, 3.63) is 0 Å². The summed E-state index contributed by atoms with van der Waals surface area (Å²) < 4.78 is 22.6. The second-order valence-corrected chi connectivity index (χ2v) is 6.57. The van der Waals surface area contributed by atoms with Crippen molar-refractivity contribution in [2.45, 2.75) is 40.0 Å². The van der Waals surface area contributed by atoms with Gasteiger partial charge in [-0.05, 0) is 19.8 Å². The van der Waals surface area contributed by atoms with E-state index < -0.39 is 21.2 Å². The molecular weight excluding hydrogens is 216 g/mol. The molecule has 0 aliphatic carbocycles. The van der Waals surface area contributed by atoms with E-state index in [1.165, 1.54) is 0 Å². The van der Waals surface area contributed by atoms with E-state index in [1.54, 1.807) is 13.8 Å². The Bertz CT molecular complexity index is 307. The lowest BCUT2D eigenvalue weighted by Crippen LogP contribution is -2.30. The van der Waals surface area contributed by atoms with Crippen LogP contribution in [0.2, 0.25) is 0 Å². The third kappa shape index (κ3) is 4.64. The lowest BCUT2D eigenvalue weighted by Gasteiger charge is -2.23. The van der Waals surface area contributed by atoms with Gasteiger partial charge < -0.3 is 5.11 Å². The van der Waals surface area contributed by atoms with Crippen LogP contribution in [0.4, 0.5) is 0 Å². The molecule has 0 bridgehead atoms. The predicted octanol–water partition coefficient (Wildman–Crippen LogP) is 1.70. The Labute approximate surface area is 91.6 Å². The Balaban J connectivity index is 4.51. The first-order valence-electron chi connectivity index (χ1n) is 5.21. The molecule has 90 valence electrons. The van der Waals surface area contributed by atoms with E-state index in [0.717, 1.165) is 6.42 Å². The predicted molar refractivity (Wildman–Crippen MR) is 59.6 cm³/mol. The number of carboxylic acids is 1. The van der Waals surface area contributed by atoms with Crippen molar-refractivity contribution in [2.75, 3.05) is 11.5 Å². The maximum absolute atomic E-state index is 11.3. The van der Waals surface area contributed by atoms with Gasteiger partial charge in [-0.3, -0.25) is 4.79 Å². The molecule has 0 rings (SSSR count). The molecule has 0 heterocycles. The van der Waals surface area contributed by atoms with Crippen LogP contribution in [0.3, 0.4) is 0 Å². The molecule has 1 N–H and O–H groups in total. The van der Waals surface area contributed by atoms with Crippen LogP contribution in [0.1, 0.15) is 40.0 Å². The Morgan fingerprint density at radius 2 is 1.80 bits per heavy atom. The van der Waals surface area contributed by atoms with Gasteiger partial charge in [-0.2, -0.15) is 0 Å². The molecule has 0 aromatic rings. The molecule has 0 saturated heterocycles. The molecule has 4 nitrogen and oxygen atoms in total. The maximum atomic E-state index is 11.3. The Morgan fingerprint density at radius 1 is 1.27 bits per heavy atom. The van der Waals surface area contributed by atoms with Gasteiger partial charge in [0, 0.05) is 5.75 Å². The highest BCUT2D eigenvalue weighted by atomic mass is 32.2. The highest BCUT2D eigenvalue weighted by Crippen LogP contribution is 2.28. The van der Waals surface area contributed by atoms with Gasteiger partial charge in [0.1, 0.15) is 9.84 Å². The van der Waals surface area contributed by atoms with Crippen molar-refractivity contribution in [3.8, 4) is 0 Å². The third-order valence-electron chi connectivity index (χ3n) is 2.72. The van der Waals surface area contributed by atoms with Gasteiger partial charge in [-0.25, -0.2) is 8.42 Å². The normalized spacial score (nSPS) is 15.9. The fourth-order valence-corrected chi connectivity index (χ4v) is 2.47. The molecular formula is C10H20O4S. The molecule has 1 unspecified atom stereocenters. The summed E-state index contributed by atoms with van der Waals surface area (Å²) in [6.45, 7) is 5.09. The van der Waals surface area contributed by atoms with Crippen molar-refractivity contribution >= 4 is 15.8 Å². The number of hydrogen-bond acceptors (Lipinski definition) is 3. The molecule has 0 fully saturated rings. The third-order valence-corrected chi connectivity index (χ3v) is 4.43. The molecule has 0 aromatic heterocycles. The molecule has 0 saturated carbocycles. The topological polar surface area (TPSA) is 71.4 Å². The van der Waals surface area contributed by atoms with Crippen molar-refractivity contribution in [2.24, 2.45) is 5.41 Å². The van der Waals surface area contributed by atoms with Gasteiger partial charge in [0.25, 0.3) is 0 Å². The summed E-state index contributed by atoms with van der Waals surface area (Å²) in [4.78, 5) is 11.0. The number of rotatable bonds is 7. The summed E-state index contributed by atoms with van der Waals surface area (Å²) in [5, 5.41) is 9.04. The average Bonchev–Trinajstić information content (AvgIpc) is 2.15. The molecule has 1 atom stereocenters. The minimum atomic E-state index is -3.07. The summed E-state index contributed by atoms with van der Waals surface area (Å²) in [6, 6.07) is 0. The number of carbonyl (C=O) groups is 1. The van der Waals surface area contributed by atoms with E-state index in [-0.39, 0.29) is 17.9 Å². The molecule has 15 heavy (non-hydrogen) atoms. The second kappa shape index (κ2) is 5.49. The van der Waals surface area contributed by atoms with Crippen LogP contribution in [-0.4, -0.2) is 31.0 Å². The van der Waals surface area contributed by atoms with Crippen molar-refractivity contribution in [1.82, 2.24) is 0 Å². The number of sulfone groups is 1. The zero-order valence-electron chi connectivity index (χ0n) is 9.62. The van der Waals surface area contributed by atoms with E-state index in [4.69, 9.17) is 5.11 Å². The number of hydrogen-bond donors (Lipinski definition) is 1. The Kier molecular flexibility index (Phi) is 5.28. The molecule has 0 aromatic carbocycles. The molecule has 0 aliphatic heterocycles. The first kappa shape index (κ1) is 14.4. The van der Waals surface area contributed by atoms with Crippen LogP contribution in [0.25, 0.3) is 0 Å². The summed E-state index contributed by atoms with van der Waals surface area (Å²) in [5.74, 6) is -0.864. The molecule has 0 amide bonds. The van der Waals surface area contributed by atoms with E-state index in [0.29, 0.717) is 6.42 Å². The van der Waals surface area contributed by atoms with E-state index in [9.17, 15) is 13.2 Å². The fourth-order valence-electron chi connectivity index (χ4n) is 1.42. The minimum Gasteiger partial charge on any atom is -0.481 e. The minimum absolute atomic E-state index is 0.0354. The Hall–Kier alpha value is -0.580. The fraction of sp³-hybridized carbons (Fsp3) is 0.900. The number of aliphatic carboxylic acids is 1. The molecule has 0 radical (unpaired) electrons. The summed E-state index contributed by atoms with van der Waals surface area (Å²) >= 11 is 0. The first-order valence-corrected chi connectivity index (χ1v) is 7.03. The monoisotopic (exact) mass is 236 g/mol. The van der Waals surface area contributed by atoms with Crippen molar-refractivity contribution in [1.29, 1.82) is 0 Å². The maximum Gasteiger partial charge on any atom is 0.309 e. The van der Waals surface area contributed by atoms with Gasteiger partial charge in [0.2, 0.25) is 0 Å². The molecule has 0 aliphatic rings. The SMILES string of the molecule is CCCC(C)(CCS(=O)(=O)CC)C(=O)O. The van der Waals surface area contributed by atoms with Crippen molar-refractivity contribution < 1.29 is 18.3 Å². The summed E-state index contributed by atoms with van der Waals surface area (Å²) in [7, 11) is -3.07. The van der Waals surface area contributed by atoms with Crippen LogP contribution in [0.15, 0.2) is 0 Å². The van der Waals surface area contributed by atoms with Gasteiger partial charge in [-0.1, -0.05) is 20.3 Å². The standard InChI is InChI=1S/C10H20O4S/c1-4-6-10(3,9(11)12)7-8-15(13,14)5-2/h4-8H2,1-3H3,(H,11,12). The summed E-state index contributed by atoms with van der Waals surface area (Å²) in [6.07, 6.45) is 1.46. The smallest absolute Gasteiger partial charge is 0.309 e. The number of carboxylic acid groups (broad SMARTS) is 1. The highest BCUT2D eigenvalue weighted by Gasteiger charge is 2.33. The zero-order chi connectivity index (χ0) is 12.1. The van der Waals surface area contributed by atoms with E-state index >= 15 is 0 Å². The highest BCUT2D eigenvalue weighted by molar-refractivity contribution is 7.91. The van der Waals surface area contributed by atoms with Crippen LogP contribution in [0, 0.1) is 5.41 Å². The van der Waals surface area contributed by atoms with Gasteiger partial charge >= 0.3 is 5.97 Å². The molecule has 0 spiro atoms. The van der Waals surface area contributed by atoms with Crippen LogP contribution in [0.5, 0.6) is 0 Å². The van der Waals surface area contributed by atoms with Gasteiger partial charge in [-0.15, -0.1) is 0 Å². The largest absolute Gasteiger partial charge is 0.481 e. The Morgan fingerprint density at radius 3 is 2.13 bits per heavy atom. The van der Waals surface area contributed by atoms with Crippen LogP contribution >= 0.6 is 0 Å². The van der Waals surface area contributed by atoms with Gasteiger partial charge in [0.15, 0.2) is 0 Å². The van der Waals surface area contributed by atoms with Crippen LogP contribution < -0.4 is 0 Å².